The Morgan fingerprint density at radius 3 is 2.62 bits per heavy atom. The highest BCUT2D eigenvalue weighted by molar-refractivity contribution is 7.21. The quantitative estimate of drug-likeness (QED) is 0.888. The molecule has 0 saturated heterocycles. The van der Waals surface area contributed by atoms with E-state index in [0.717, 1.165) is 10.1 Å². The third-order valence-electron chi connectivity index (χ3n) is 3.21. The van der Waals surface area contributed by atoms with Crippen LogP contribution in [0, 0.1) is 0 Å². The summed E-state index contributed by atoms with van der Waals surface area (Å²) in [5, 5.41) is 3.59. The summed E-state index contributed by atoms with van der Waals surface area (Å²) in [6, 6.07) is 7.65. The van der Waals surface area contributed by atoms with Crippen LogP contribution in [0.3, 0.4) is 0 Å². The highest BCUT2D eigenvalue weighted by Crippen LogP contribution is 2.34. The molecule has 0 saturated carbocycles. The van der Waals surface area contributed by atoms with Crippen LogP contribution in [0.25, 0.3) is 10.1 Å². The number of carbonyl (C=O) groups excluding carboxylic acids is 2. The number of benzene rings is 1. The fourth-order valence-electron chi connectivity index (χ4n) is 2.12. The minimum atomic E-state index is -0.192. The molecule has 112 valence electrons. The summed E-state index contributed by atoms with van der Waals surface area (Å²) in [6.07, 6.45) is 0. The van der Waals surface area contributed by atoms with Gasteiger partial charge in [0.05, 0.1) is 12.2 Å². The Bertz CT molecular complexity index is 666. The van der Waals surface area contributed by atoms with E-state index in [0.29, 0.717) is 23.7 Å². The molecular formula is C15H19N3O2S. The van der Waals surface area contributed by atoms with E-state index >= 15 is 0 Å². The largest absolute Gasteiger partial charge is 0.397 e. The molecule has 0 bridgehead atoms. The van der Waals surface area contributed by atoms with Gasteiger partial charge in [0.15, 0.2) is 0 Å². The molecule has 0 aliphatic heterocycles. The van der Waals surface area contributed by atoms with Crippen molar-refractivity contribution in [3.63, 3.8) is 0 Å². The van der Waals surface area contributed by atoms with E-state index in [2.05, 4.69) is 5.32 Å². The number of hydrogen-bond donors (Lipinski definition) is 2. The van der Waals surface area contributed by atoms with Crippen molar-refractivity contribution >= 4 is 38.9 Å². The number of amides is 2. The Kier molecular flexibility index (Phi) is 4.80. The van der Waals surface area contributed by atoms with Crippen LogP contribution in [0.2, 0.25) is 0 Å². The van der Waals surface area contributed by atoms with Crippen molar-refractivity contribution in [2.45, 2.75) is 13.8 Å². The summed E-state index contributed by atoms with van der Waals surface area (Å²) in [5.41, 5.74) is 6.58. The van der Waals surface area contributed by atoms with Crippen LogP contribution < -0.4 is 11.1 Å². The highest BCUT2D eigenvalue weighted by atomic mass is 32.1. The van der Waals surface area contributed by atoms with Gasteiger partial charge < -0.3 is 16.0 Å². The first-order chi connectivity index (χ1) is 10.1. The highest BCUT2D eigenvalue weighted by Gasteiger charge is 2.22. The molecule has 1 aromatic heterocycles. The molecule has 21 heavy (non-hydrogen) atoms. The molecule has 1 heterocycles. The number of nitrogens with two attached hydrogens (primary N) is 1. The smallest absolute Gasteiger partial charge is 0.266 e. The summed E-state index contributed by atoms with van der Waals surface area (Å²) < 4.78 is 0.979. The van der Waals surface area contributed by atoms with Gasteiger partial charge in [-0.05, 0) is 19.9 Å². The predicted octanol–water partition coefficient (Wildman–Crippen LogP) is 2.08. The summed E-state index contributed by atoms with van der Waals surface area (Å²) in [5.74, 6) is -0.352. The van der Waals surface area contributed by atoms with E-state index in [9.17, 15) is 9.59 Å². The molecule has 0 radical (unpaired) electrons. The van der Waals surface area contributed by atoms with Gasteiger partial charge in [-0.2, -0.15) is 0 Å². The second-order valence-corrected chi connectivity index (χ2v) is 5.67. The molecule has 0 atom stereocenters. The summed E-state index contributed by atoms with van der Waals surface area (Å²) in [7, 11) is 0. The Balaban J connectivity index is 2.27. The number of hydrogen-bond acceptors (Lipinski definition) is 4. The zero-order chi connectivity index (χ0) is 15.4. The first kappa shape index (κ1) is 15.3. The molecule has 0 aliphatic carbocycles. The Morgan fingerprint density at radius 1 is 1.29 bits per heavy atom. The van der Waals surface area contributed by atoms with Crippen molar-refractivity contribution in [3.8, 4) is 0 Å². The van der Waals surface area contributed by atoms with E-state index < -0.39 is 0 Å². The van der Waals surface area contributed by atoms with Gasteiger partial charge in [-0.3, -0.25) is 9.59 Å². The molecule has 2 rings (SSSR count). The first-order valence-electron chi connectivity index (χ1n) is 6.91. The van der Waals surface area contributed by atoms with E-state index in [4.69, 9.17) is 5.73 Å². The summed E-state index contributed by atoms with van der Waals surface area (Å²) >= 11 is 1.37. The normalized spacial score (nSPS) is 10.6. The number of anilines is 1. The second-order valence-electron chi connectivity index (χ2n) is 4.61. The van der Waals surface area contributed by atoms with Gasteiger partial charge >= 0.3 is 0 Å². The second kappa shape index (κ2) is 6.58. The van der Waals surface area contributed by atoms with Crippen LogP contribution >= 0.6 is 11.3 Å². The molecule has 0 spiro atoms. The van der Waals surface area contributed by atoms with Gasteiger partial charge in [0.1, 0.15) is 4.88 Å². The Hall–Kier alpha value is -2.08. The predicted molar refractivity (Wildman–Crippen MR) is 86.5 cm³/mol. The lowest BCUT2D eigenvalue weighted by Crippen LogP contribution is -2.40. The molecule has 1 aromatic carbocycles. The number of fused-ring (bicyclic) bond motifs is 1. The minimum absolute atomic E-state index is 0.0524. The SMILES string of the molecule is CCNC(=O)CN(CC)C(=O)c1sc2ccccc2c1N. The number of carbonyl (C=O) groups is 2. The molecule has 0 fully saturated rings. The van der Waals surface area contributed by atoms with Gasteiger partial charge in [-0.1, -0.05) is 18.2 Å². The van der Waals surface area contributed by atoms with Gasteiger partial charge in [0.25, 0.3) is 5.91 Å². The van der Waals surface area contributed by atoms with E-state index in [1.54, 1.807) is 0 Å². The number of thiophene rings is 1. The topological polar surface area (TPSA) is 75.4 Å². The lowest BCUT2D eigenvalue weighted by Gasteiger charge is -2.19. The molecule has 0 aliphatic rings. The minimum Gasteiger partial charge on any atom is -0.397 e. The van der Waals surface area contributed by atoms with Crippen LogP contribution in [0.5, 0.6) is 0 Å². The van der Waals surface area contributed by atoms with Gasteiger partial charge in [0.2, 0.25) is 5.91 Å². The van der Waals surface area contributed by atoms with Crippen LogP contribution in [-0.4, -0.2) is 36.3 Å². The maximum Gasteiger partial charge on any atom is 0.266 e. The molecule has 3 N–H and O–H groups in total. The third-order valence-corrected chi connectivity index (χ3v) is 4.38. The maximum atomic E-state index is 12.6. The van der Waals surface area contributed by atoms with Crippen LogP contribution in [-0.2, 0) is 4.79 Å². The average molecular weight is 305 g/mol. The molecule has 0 unspecified atom stereocenters. The van der Waals surface area contributed by atoms with E-state index in [-0.39, 0.29) is 18.4 Å². The van der Waals surface area contributed by atoms with Crippen LogP contribution in [0.1, 0.15) is 23.5 Å². The van der Waals surface area contributed by atoms with E-state index in [1.165, 1.54) is 16.2 Å². The van der Waals surface area contributed by atoms with Crippen LogP contribution in [0.4, 0.5) is 5.69 Å². The molecule has 6 heteroatoms. The van der Waals surface area contributed by atoms with Crippen molar-refractivity contribution in [2.75, 3.05) is 25.4 Å². The molecular weight excluding hydrogens is 286 g/mol. The summed E-state index contributed by atoms with van der Waals surface area (Å²) in [4.78, 5) is 26.3. The van der Waals surface area contributed by atoms with Gasteiger partial charge in [0, 0.05) is 23.2 Å². The monoisotopic (exact) mass is 305 g/mol. The third kappa shape index (κ3) is 3.16. The zero-order valence-corrected chi connectivity index (χ0v) is 13.0. The van der Waals surface area contributed by atoms with Crippen LogP contribution in [0.15, 0.2) is 24.3 Å². The number of nitrogens with one attached hydrogen (secondary N) is 1. The zero-order valence-electron chi connectivity index (χ0n) is 12.2. The van der Waals surface area contributed by atoms with Crippen molar-refractivity contribution in [1.29, 1.82) is 0 Å². The van der Waals surface area contributed by atoms with Crippen molar-refractivity contribution in [1.82, 2.24) is 10.2 Å². The van der Waals surface area contributed by atoms with Crippen molar-refractivity contribution in [2.24, 2.45) is 0 Å². The molecule has 5 nitrogen and oxygen atoms in total. The van der Waals surface area contributed by atoms with Gasteiger partial charge in [-0.15, -0.1) is 11.3 Å². The standard InChI is InChI=1S/C15H19N3O2S/c1-3-17-12(19)9-18(4-2)15(20)14-13(16)10-7-5-6-8-11(10)21-14/h5-8H,3-4,9,16H2,1-2H3,(H,17,19). The van der Waals surface area contributed by atoms with Crippen molar-refractivity contribution in [3.05, 3.63) is 29.1 Å². The first-order valence-corrected chi connectivity index (χ1v) is 7.73. The van der Waals surface area contributed by atoms with Crippen molar-refractivity contribution < 1.29 is 9.59 Å². The van der Waals surface area contributed by atoms with E-state index in [1.807, 2.05) is 38.1 Å². The number of likely N-dealkylation sites (N-methyl/N-ethyl adjacent to an activating group) is 2. The summed E-state index contributed by atoms with van der Waals surface area (Å²) in [6.45, 7) is 4.76. The number of nitrogen functional groups attached to an aromatic ring is 1. The molecule has 2 amide bonds. The number of nitrogens with zero attached hydrogens (tertiary/aromatic N) is 1. The molecule has 2 aromatic rings. The lowest BCUT2D eigenvalue weighted by molar-refractivity contribution is -0.121. The average Bonchev–Trinajstić information content (AvgIpc) is 2.82. The number of rotatable bonds is 5. The Labute approximate surface area is 127 Å². The fraction of sp³-hybridized carbons (Fsp3) is 0.333. The Morgan fingerprint density at radius 2 is 2.00 bits per heavy atom. The maximum absolute atomic E-state index is 12.6. The van der Waals surface area contributed by atoms with Gasteiger partial charge in [-0.25, -0.2) is 0 Å². The lowest BCUT2D eigenvalue weighted by atomic mass is 10.2. The fourth-order valence-corrected chi connectivity index (χ4v) is 3.21.